The normalized spacial score (nSPS) is 10.7. The van der Waals surface area contributed by atoms with E-state index in [9.17, 15) is 4.79 Å². The second kappa shape index (κ2) is 5.09. The Balaban J connectivity index is 2.40. The van der Waals surface area contributed by atoms with Gasteiger partial charge in [-0.3, -0.25) is 9.98 Å². The van der Waals surface area contributed by atoms with Gasteiger partial charge < -0.3 is 10.8 Å². The number of carboxylic acid groups (broad SMARTS) is 1. The van der Waals surface area contributed by atoms with Crippen molar-refractivity contribution in [3.05, 3.63) is 53.9 Å². The van der Waals surface area contributed by atoms with Crippen molar-refractivity contribution < 1.29 is 9.90 Å². The fourth-order valence-electron chi connectivity index (χ4n) is 1.48. The van der Waals surface area contributed by atoms with E-state index in [4.69, 9.17) is 10.8 Å². The van der Waals surface area contributed by atoms with E-state index in [0.717, 1.165) is 0 Å². The first-order chi connectivity index (χ1) is 8.68. The predicted octanol–water partition coefficient (Wildman–Crippen LogP) is 2.11. The Kier molecular flexibility index (Phi) is 3.33. The molecule has 0 aliphatic heterocycles. The van der Waals surface area contributed by atoms with Crippen LogP contribution in [-0.2, 0) is 0 Å². The van der Waals surface area contributed by atoms with Crippen molar-refractivity contribution in [2.45, 2.75) is 0 Å². The Morgan fingerprint density at radius 1 is 1.33 bits per heavy atom. The highest BCUT2D eigenvalue weighted by atomic mass is 16.4. The number of hydrogen-bond acceptors (Lipinski definition) is 4. The average molecular weight is 241 g/mol. The molecule has 90 valence electrons. The molecule has 5 nitrogen and oxygen atoms in total. The van der Waals surface area contributed by atoms with Crippen LogP contribution in [0.3, 0.4) is 0 Å². The highest BCUT2D eigenvalue weighted by Crippen LogP contribution is 2.16. The van der Waals surface area contributed by atoms with Gasteiger partial charge in [-0.1, -0.05) is 6.07 Å². The Morgan fingerprint density at radius 3 is 2.83 bits per heavy atom. The van der Waals surface area contributed by atoms with Crippen LogP contribution in [0.15, 0.2) is 47.7 Å². The van der Waals surface area contributed by atoms with Gasteiger partial charge in [-0.15, -0.1) is 0 Å². The van der Waals surface area contributed by atoms with Crippen molar-refractivity contribution >= 4 is 23.6 Å². The van der Waals surface area contributed by atoms with Gasteiger partial charge in [-0.25, -0.2) is 4.79 Å². The van der Waals surface area contributed by atoms with Crippen molar-refractivity contribution in [1.82, 2.24) is 4.98 Å². The molecule has 0 atom stereocenters. The summed E-state index contributed by atoms with van der Waals surface area (Å²) in [5, 5.41) is 9.06. The van der Waals surface area contributed by atoms with Gasteiger partial charge in [0, 0.05) is 23.7 Å². The maximum absolute atomic E-state index is 11.1. The van der Waals surface area contributed by atoms with E-state index < -0.39 is 5.97 Å². The van der Waals surface area contributed by atoms with Gasteiger partial charge in [0.05, 0.1) is 17.4 Å². The number of nitrogens with zero attached hydrogens (tertiary/aromatic N) is 2. The molecule has 0 unspecified atom stereocenters. The molecule has 0 saturated heterocycles. The highest BCUT2D eigenvalue weighted by molar-refractivity contribution is 6.02. The molecule has 1 aromatic heterocycles. The molecule has 0 aliphatic carbocycles. The Morgan fingerprint density at radius 2 is 2.17 bits per heavy atom. The molecule has 0 bridgehead atoms. The van der Waals surface area contributed by atoms with Crippen LogP contribution in [0.4, 0.5) is 11.4 Å². The van der Waals surface area contributed by atoms with Crippen LogP contribution in [0, 0.1) is 0 Å². The van der Waals surface area contributed by atoms with Crippen molar-refractivity contribution in [1.29, 1.82) is 0 Å². The maximum Gasteiger partial charge on any atom is 0.336 e. The van der Waals surface area contributed by atoms with Gasteiger partial charge in [0.15, 0.2) is 0 Å². The number of rotatable bonds is 3. The third-order valence-electron chi connectivity index (χ3n) is 2.36. The SMILES string of the molecule is Nc1cccc(C(=O)O)c1C=Nc1cccnc1. The van der Waals surface area contributed by atoms with Gasteiger partial charge in [0.2, 0.25) is 0 Å². The van der Waals surface area contributed by atoms with Crippen molar-refractivity contribution in [2.75, 3.05) is 5.73 Å². The lowest BCUT2D eigenvalue weighted by atomic mass is 10.1. The number of aromatic nitrogens is 1. The molecule has 0 radical (unpaired) electrons. The van der Waals surface area contributed by atoms with E-state index in [-0.39, 0.29) is 5.56 Å². The number of pyridine rings is 1. The summed E-state index contributed by atoms with van der Waals surface area (Å²) in [5.41, 5.74) is 7.29. The molecular formula is C13H11N3O2. The van der Waals surface area contributed by atoms with Gasteiger partial charge in [-0.05, 0) is 24.3 Å². The standard InChI is InChI=1S/C13H11N3O2/c14-12-5-1-4-10(13(17)18)11(12)8-16-9-3-2-6-15-7-9/h1-8H,14H2,(H,17,18). The summed E-state index contributed by atoms with van der Waals surface area (Å²) in [4.78, 5) is 19.1. The van der Waals surface area contributed by atoms with Crippen molar-refractivity contribution in [3.8, 4) is 0 Å². The molecule has 5 heteroatoms. The summed E-state index contributed by atoms with van der Waals surface area (Å²) in [6.07, 6.45) is 4.66. The molecule has 0 fully saturated rings. The van der Waals surface area contributed by atoms with Crippen molar-refractivity contribution in [3.63, 3.8) is 0 Å². The minimum absolute atomic E-state index is 0.127. The van der Waals surface area contributed by atoms with Crippen molar-refractivity contribution in [2.24, 2.45) is 4.99 Å². The zero-order chi connectivity index (χ0) is 13.0. The lowest BCUT2D eigenvalue weighted by molar-refractivity contribution is 0.0697. The van der Waals surface area contributed by atoms with Crippen LogP contribution >= 0.6 is 0 Å². The summed E-state index contributed by atoms with van der Waals surface area (Å²) in [7, 11) is 0. The second-order valence-corrected chi connectivity index (χ2v) is 3.58. The summed E-state index contributed by atoms with van der Waals surface area (Å²) < 4.78 is 0. The lowest BCUT2D eigenvalue weighted by Gasteiger charge is -2.03. The molecule has 2 aromatic rings. The summed E-state index contributed by atoms with van der Waals surface area (Å²) in [5.74, 6) is -1.03. The Labute approximate surface area is 104 Å². The number of nitrogens with two attached hydrogens (primary N) is 1. The first-order valence-electron chi connectivity index (χ1n) is 5.24. The number of aliphatic imine (C=N–C) groups is 1. The molecule has 18 heavy (non-hydrogen) atoms. The number of carbonyl (C=O) groups is 1. The number of aromatic carboxylic acids is 1. The number of hydrogen-bond donors (Lipinski definition) is 2. The fourth-order valence-corrected chi connectivity index (χ4v) is 1.48. The first kappa shape index (κ1) is 11.8. The van der Waals surface area contributed by atoms with E-state index in [1.165, 1.54) is 12.3 Å². The quantitative estimate of drug-likeness (QED) is 0.636. The van der Waals surface area contributed by atoms with E-state index in [1.54, 1.807) is 36.7 Å². The number of anilines is 1. The van der Waals surface area contributed by atoms with Crippen LogP contribution < -0.4 is 5.73 Å². The van der Waals surface area contributed by atoms with Gasteiger partial charge >= 0.3 is 5.97 Å². The topological polar surface area (TPSA) is 88.6 Å². The van der Waals surface area contributed by atoms with Gasteiger partial charge in [0.1, 0.15) is 0 Å². The number of nitrogen functional groups attached to an aromatic ring is 1. The molecule has 0 spiro atoms. The summed E-state index contributed by atoms with van der Waals surface area (Å²) >= 11 is 0. The van der Waals surface area contributed by atoms with E-state index in [1.807, 2.05) is 0 Å². The van der Waals surface area contributed by atoms with Gasteiger partial charge in [-0.2, -0.15) is 0 Å². The molecule has 1 aromatic carbocycles. The molecule has 0 aliphatic rings. The third kappa shape index (κ3) is 2.52. The molecular weight excluding hydrogens is 230 g/mol. The monoisotopic (exact) mass is 241 g/mol. The Bertz CT molecular complexity index is 594. The number of carboxylic acids is 1. The minimum Gasteiger partial charge on any atom is -0.478 e. The molecule has 1 heterocycles. The largest absolute Gasteiger partial charge is 0.478 e. The van der Waals surface area contributed by atoms with Crippen LogP contribution in [0.5, 0.6) is 0 Å². The number of benzene rings is 1. The molecule has 2 rings (SSSR count). The summed E-state index contributed by atoms with van der Waals surface area (Å²) in [6.45, 7) is 0. The Hall–Kier alpha value is -2.69. The van der Waals surface area contributed by atoms with Crippen LogP contribution in [0.25, 0.3) is 0 Å². The highest BCUT2D eigenvalue weighted by Gasteiger charge is 2.10. The van der Waals surface area contributed by atoms with Crippen LogP contribution in [-0.4, -0.2) is 22.3 Å². The molecule has 0 saturated carbocycles. The van der Waals surface area contributed by atoms with Gasteiger partial charge in [0.25, 0.3) is 0 Å². The molecule has 3 N–H and O–H groups in total. The fraction of sp³-hybridized carbons (Fsp3) is 0. The minimum atomic E-state index is -1.03. The summed E-state index contributed by atoms with van der Waals surface area (Å²) in [6, 6.07) is 8.24. The van der Waals surface area contributed by atoms with Crippen LogP contribution in [0.1, 0.15) is 15.9 Å². The zero-order valence-electron chi connectivity index (χ0n) is 9.45. The predicted molar refractivity (Wildman–Crippen MR) is 69.3 cm³/mol. The van der Waals surface area contributed by atoms with E-state index in [0.29, 0.717) is 16.9 Å². The smallest absolute Gasteiger partial charge is 0.336 e. The van der Waals surface area contributed by atoms with Crippen LogP contribution in [0.2, 0.25) is 0 Å². The maximum atomic E-state index is 11.1. The second-order valence-electron chi connectivity index (χ2n) is 3.58. The van der Waals surface area contributed by atoms with E-state index >= 15 is 0 Å². The zero-order valence-corrected chi connectivity index (χ0v) is 9.45. The first-order valence-corrected chi connectivity index (χ1v) is 5.24. The molecule has 0 amide bonds. The van der Waals surface area contributed by atoms with E-state index in [2.05, 4.69) is 9.98 Å². The lowest BCUT2D eigenvalue weighted by Crippen LogP contribution is -2.05. The average Bonchev–Trinajstić information content (AvgIpc) is 2.38. The third-order valence-corrected chi connectivity index (χ3v) is 2.36.